The maximum atomic E-state index is 9.04. The third-order valence-electron chi connectivity index (χ3n) is 3.65. The van der Waals surface area contributed by atoms with Crippen molar-refractivity contribution < 1.29 is 0 Å². The molecule has 0 amide bonds. The molecule has 2 rings (SSSR count). The minimum Gasteiger partial charge on any atom is -0.372 e. The van der Waals surface area contributed by atoms with Crippen LogP contribution in [0.1, 0.15) is 43.0 Å². The van der Waals surface area contributed by atoms with E-state index in [0.717, 1.165) is 6.42 Å². The smallest absolute Gasteiger partial charge is 0.143 e. The van der Waals surface area contributed by atoms with Gasteiger partial charge in [-0.3, -0.25) is 0 Å². The molecular formula is C13H17N3. The summed E-state index contributed by atoms with van der Waals surface area (Å²) in [7, 11) is 1.81. The van der Waals surface area contributed by atoms with Crippen LogP contribution in [0.4, 0.5) is 5.82 Å². The lowest BCUT2D eigenvalue weighted by atomic mass is 9.79. The third-order valence-corrected chi connectivity index (χ3v) is 3.65. The second-order valence-corrected chi connectivity index (χ2v) is 4.60. The molecule has 84 valence electrons. The summed E-state index contributed by atoms with van der Waals surface area (Å²) in [4.78, 5) is 4.60. The van der Waals surface area contributed by atoms with E-state index in [1.165, 1.54) is 17.7 Å². The Balaban J connectivity index is 2.53. The molecule has 0 aliphatic heterocycles. The van der Waals surface area contributed by atoms with Gasteiger partial charge in [0.05, 0.1) is 5.56 Å². The summed E-state index contributed by atoms with van der Waals surface area (Å²) in [5.41, 5.74) is 3.08. The Morgan fingerprint density at radius 3 is 2.88 bits per heavy atom. The first kappa shape index (κ1) is 10.9. The van der Waals surface area contributed by atoms with Gasteiger partial charge in [0.15, 0.2) is 0 Å². The Morgan fingerprint density at radius 2 is 2.25 bits per heavy atom. The van der Waals surface area contributed by atoms with Crippen LogP contribution in [0.3, 0.4) is 0 Å². The van der Waals surface area contributed by atoms with Crippen molar-refractivity contribution in [3.8, 4) is 6.07 Å². The number of aromatic nitrogens is 1. The Morgan fingerprint density at radius 1 is 1.50 bits per heavy atom. The third kappa shape index (κ3) is 1.65. The first-order valence-corrected chi connectivity index (χ1v) is 5.79. The molecule has 1 N–H and O–H groups in total. The van der Waals surface area contributed by atoms with E-state index in [1.807, 2.05) is 13.1 Å². The highest BCUT2D eigenvalue weighted by molar-refractivity contribution is 5.54. The summed E-state index contributed by atoms with van der Waals surface area (Å²) in [6, 6.07) is 4.19. The average Bonchev–Trinajstić information content (AvgIpc) is 2.32. The van der Waals surface area contributed by atoms with Crippen molar-refractivity contribution in [1.82, 2.24) is 4.98 Å². The van der Waals surface area contributed by atoms with Crippen LogP contribution in [0.5, 0.6) is 0 Å². The lowest BCUT2D eigenvalue weighted by Crippen LogP contribution is -2.18. The normalized spacial score (nSPS) is 23.4. The SMILES string of the molecule is CNc1nc2c(cc1C#N)CCC(C)C2C. The first-order valence-electron chi connectivity index (χ1n) is 5.79. The van der Waals surface area contributed by atoms with Gasteiger partial charge in [-0.05, 0) is 30.4 Å². The zero-order valence-corrected chi connectivity index (χ0v) is 10.0. The second kappa shape index (κ2) is 4.13. The minimum atomic E-state index is 0.489. The van der Waals surface area contributed by atoms with Crippen LogP contribution in [0, 0.1) is 17.2 Å². The molecule has 16 heavy (non-hydrogen) atoms. The van der Waals surface area contributed by atoms with Gasteiger partial charge in [0, 0.05) is 18.7 Å². The summed E-state index contributed by atoms with van der Waals surface area (Å²) >= 11 is 0. The lowest BCUT2D eigenvalue weighted by Gasteiger charge is -2.28. The van der Waals surface area contributed by atoms with Gasteiger partial charge in [0.2, 0.25) is 0 Å². The zero-order valence-electron chi connectivity index (χ0n) is 10.0. The second-order valence-electron chi connectivity index (χ2n) is 4.60. The highest BCUT2D eigenvalue weighted by Crippen LogP contribution is 2.35. The summed E-state index contributed by atoms with van der Waals surface area (Å²) in [6.45, 7) is 4.49. The molecule has 1 aliphatic rings. The van der Waals surface area contributed by atoms with Gasteiger partial charge in [-0.15, -0.1) is 0 Å². The number of nitrogens with one attached hydrogen (secondary N) is 1. The molecule has 0 saturated heterocycles. The number of fused-ring (bicyclic) bond motifs is 1. The van der Waals surface area contributed by atoms with E-state index in [2.05, 4.69) is 30.2 Å². The molecule has 1 heterocycles. The molecule has 0 spiro atoms. The van der Waals surface area contributed by atoms with Crippen molar-refractivity contribution in [3.63, 3.8) is 0 Å². The van der Waals surface area contributed by atoms with Crippen LogP contribution < -0.4 is 5.32 Å². The summed E-state index contributed by atoms with van der Waals surface area (Å²) in [5.74, 6) is 1.88. The van der Waals surface area contributed by atoms with Crippen LogP contribution in [0.15, 0.2) is 6.07 Å². The van der Waals surface area contributed by atoms with E-state index in [-0.39, 0.29) is 0 Å². The molecule has 2 unspecified atom stereocenters. The molecule has 1 aliphatic carbocycles. The van der Waals surface area contributed by atoms with Crippen LogP contribution in [-0.2, 0) is 6.42 Å². The van der Waals surface area contributed by atoms with Crippen LogP contribution in [0.2, 0.25) is 0 Å². The van der Waals surface area contributed by atoms with Crippen molar-refractivity contribution in [2.45, 2.75) is 32.6 Å². The van der Waals surface area contributed by atoms with E-state index >= 15 is 0 Å². The summed E-state index contributed by atoms with van der Waals surface area (Å²) in [6.07, 6.45) is 2.24. The van der Waals surface area contributed by atoms with E-state index in [1.54, 1.807) is 0 Å². The van der Waals surface area contributed by atoms with Crippen molar-refractivity contribution in [1.29, 1.82) is 5.26 Å². The van der Waals surface area contributed by atoms with Gasteiger partial charge in [-0.2, -0.15) is 5.26 Å². The van der Waals surface area contributed by atoms with Crippen LogP contribution in [0.25, 0.3) is 0 Å². The van der Waals surface area contributed by atoms with Gasteiger partial charge in [0.1, 0.15) is 11.9 Å². The number of aryl methyl sites for hydroxylation is 1. The van der Waals surface area contributed by atoms with Crippen LogP contribution >= 0.6 is 0 Å². The molecule has 0 aromatic carbocycles. The van der Waals surface area contributed by atoms with Gasteiger partial charge >= 0.3 is 0 Å². The molecule has 3 nitrogen and oxygen atoms in total. The average molecular weight is 215 g/mol. The number of pyridine rings is 1. The maximum absolute atomic E-state index is 9.04. The zero-order chi connectivity index (χ0) is 11.7. The van der Waals surface area contributed by atoms with E-state index in [4.69, 9.17) is 5.26 Å². The summed E-state index contributed by atoms with van der Waals surface area (Å²) in [5, 5.41) is 12.0. The standard InChI is InChI=1S/C13H17N3/c1-8-4-5-10-6-11(7-14)13(15-3)16-12(10)9(8)2/h6,8-9H,4-5H2,1-3H3,(H,15,16). The van der Waals surface area contributed by atoms with Gasteiger partial charge < -0.3 is 5.32 Å². The largest absolute Gasteiger partial charge is 0.372 e. The number of nitriles is 1. The predicted octanol–water partition coefficient (Wildman–Crippen LogP) is 2.68. The number of nitrogens with zero attached hydrogens (tertiary/aromatic N) is 2. The van der Waals surface area contributed by atoms with Crippen molar-refractivity contribution in [3.05, 3.63) is 22.9 Å². The molecule has 2 atom stereocenters. The number of anilines is 1. The Labute approximate surface area is 96.5 Å². The molecular weight excluding hydrogens is 198 g/mol. The quantitative estimate of drug-likeness (QED) is 0.783. The highest BCUT2D eigenvalue weighted by atomic mass is 15.0. The molecule has 1 aromatic heterocycles. The Kier molecular flexibility index (Phi) is 2.82. The predicted molar refractivity (Wildman–Crippen MR) is 64.4 cm³/mol. The highest BCUT2D eigenvalue weighted by Gasteiger charge is 2.25. The van der Waals surface area contributed by atoms with E-state index in [0.29, 0.717) is 23.2 Å². The first-order chi connectivity index (χ1) is 7.67. The maximum Gasteiger partial charge on any atom is 0.143 e. The monoisotopic (exact) mass is 215 g/mol. The van der Waals surface area contributed by atoms with Crippen molar-refractivity contribution in [2.24, 2.45) is 5.92 Å². The molecule has 1 aromatic rings. The van der Waals surface area contributed by atoms with Gasteiger partial charge in [-0.1, -0.05) is 13.8 Å². The van der Waals surface area contributed by atoms with Crippen molar-refractivity contribution >= 4 is 5.82 Å². The lowest BCUT2D eigenvalue weighted by molar-refractivity contribution is 0.417. The fourth-order valence-electron chi connectivity index (χ4n) is 2.34. The topological polar surface area (TPSA) is 48.7 Å². The number of hydrogen-bond acceptors (Lipinski definition) is 3. The fraction of sp³-hybridized carbons (Fsp3) is 0.538. The fourth-order valence-corrected chi connectivity index (χ4v) is 2.34. The molecule has 0 radical (unpaired) electrons. The van der Waals surface area contributed by atoms with Gasteiger partial charge in [0.25, 0.3) is 0 Å². The number of hydrogen-bond donors (Lipinski definition) is 1. The Bertz CT molecular complexity index is 445. The number of rotatable bonds is 1. The molecule has 3 heteroatoms. The minimum absolute atomic E-state index is 0.489. The van der Waals surface area contributed by atoms with E-state index < -0.39 is 0 Å². The van der Waals surface area contributed by atoms with Crippen molar-refractivity contribution in [2.75, 3.05) is 12.4 Å². The van der Waals surface area contributed by atoms with Gasteiger partial charge in [-0.25, -0.2) is 4.98 Å². The molecule has 0 saturated carbocycles. The van der Waals surface area contributed by atoms with Crippen LogP contribution in [-0.4, -0.2) is 12.0 Å². The van der Waals surface area contributed by atoms with E-state index in [9.17, 15) is 0 Å². The Hall–Kier alpha value is -1.56. The molecule has 0 fully saturated rings. The molecule has 0 bridgehead atoms. The summed E-state index contributed by atoms with van der Waals surface area (Å²) < 4.78 is 0.